The third kappa shape index (κ3) is 11.9. The SMILES string of the molecule is CC(=O)OCc1c(I)c(N)c(I)c(C(=O)N(CC(COC(C)=O)OC(C)=O)CC(COC(C)=O)OC(C)=O)c1I. The van der Waals surface area contributed by atoms with Gasteiger partial charge < -0.3 is 34.3 Å². The van der Waals surface area contributed by atoms with Crippen LogP contribution in [-0.2, 0) is 54.3 Å². The molecule has 16 heteroatoms. The van der Waals surface area contributed by atoms with Crippen LogP contribution < -0.4 is 5.73 Å². The lowest BCUT2D eigenvalue weighted by molar-refractivity contribution is -0.159. The Balaban J connectivity index is 3.65. The average Bonchev–Trinajstić information content (AvgIpc) is 2.83. The second-order valence-corrected chi connectivity index (χ2v) is 11.5. The predicted molar refractivity (Wildman–Crippen MR) is 165 cm³/mol. The summed E-state index contributed by atoms with van der Waals surface area (Å²) < 4.78 is 27.2. The van der Waals surface area contributed by atoms with E-state index in [4.69, 9.17) is 29.4 Å². The summed E-state index contributed by atoms with van der Waals surface area (Å²) >= 11 is 5.87. The van der Waals surface area contributed by atoms with Gasteiger partial charge in [0.2, 0.25) is 0 Å². The molecule has 2 unspecified atom stereocenters. The van der Waals surface area contributed by atoms with Crippen molar-refractivity contribution in [3.05, 3.63) is 21.8 Å². The Morgan fingerprint density at radius 2 is 1.10 bits per heavy atom. The average molecular weight is 902 g/mol. The first-order valence-corrected chi connectivity index (χ1v) is 14.8. The molecule has 0 spiro atoms. The second kappa shape index (κ2) is 17.1. The van der Waals surface area contributed by atoms with Gasteiger partial charge in [0.05, 0.1) is 27.9 Å². The van der Waals surface area contributed by atoms with Crippen LogP contribution in [0.1, 0.15) is 50.5 Å². The predicted octanol–water partition coefficient (Wildman–Crippen LogP) is 2.58. The van der Waals surface area contributed by atoms with Crippen LogP contribution in [0.15, 0.2) is 0 Å². The zero-order valence-electron chi connectivity index (χ0n) is 22.3. The summed E-state index contributed by atoms with van der Waals surface area (Å²) in [7, 11) is 0. The minimum atomic E-state index is -1.09. The quantitative estimate of drug-likeness (QED) is 0.133. The molecule has 2 N–H and O–H groups in total. The van der Waals surface area contributed by atoms with Crippen molar-refractivity contribution in [3.63, 3.8) is 0 Å². The molecule has 0 radical (unpaired) electrons. The molecule has 0 heterocycles. The van der Waals surface area contributed by atoms with E-state index in [0.717, 1.165) is 13.8 Å². The molecule has 13 nitrogen and oxygen atoms in total. The highest BCUT2D eigenvalue weighted by Crippen LogP contribution is 2.35. The summed E-state index contributed by atoms with van der Waals surface area (Å²) in [4.78, 5) is 73.2. The highest BCUT2D eigenvalue weighted by Gasteiger charge is 2.32. The summed E-state index contributed by atoms with van der Waals surface area (Å²) in [5, 5.41) is 0. The van der Waals surface area contributed by atoms with Crippen LogP contribution in [0.2, 0.25) is 0 Å². The molecule has 222 valence electrons. The summed E-state index contributed by atoms with van der Waals surface area (Å²) in [6.45, 7) is 4.47. The molecule has 2 atom stereocenters. The van der Waals surface area contributed by atoms with Gasteiger partial charge in [-0.15, -0.1) is 0 Å². The van der Waals surface area contributed by atoms with E-state index in [1.165, 1.54) is 25.7 Å². The van der Waals surface area contributed by atoms with Crippen LogP contribution in [-0.4, -0.2) is 79.2 Å². The number of anilines is 1. The lowest BCUT2D eigenvalue weighted by Crippen LogP contribution is -2.47. The summed E-state index contributed by atoms with van der Waals surface area (Å²) in [6, 6.07) is 0. The van der Waals surface area contributed by atoms with E-state index in [2.05, 4.69) is 0 Å². The van der Waals surface area contributed by atoms with Crippen LogP contribution in [0.5, 0.6) is 0 Å². The molecule has 1 amide bonds. The van der Waals surface area contributed by atoms with E-state index in [-0.39, 0.29) is 44.2 Å². The monoisotopic (exact) mass is 902 g/mol. The Morgan fingerprint density at radius 1 is 0.675 bits per heavy atom. The first-order chi connectivity index (χ1) is 18.5. The number of ether oxygens (including phenoxy) is 5. The largest absolute Gasteiger partial charge is 0.462 e. The number of carbonyl (C=O) groups is 6. The number of rotatable bonds is 13. The first-order valence-electron chi connectivity index (χ1n) is 11.5. The normalized spacial score (nSPS) is 12.0. The number of benzene rings is 1. The first kappa shape index (κ1) is 36.1. The molecular formula is C24H29I3N2O11. The van der Waals surface area contributed by atoms with Crippen molar-refractivity contribution in [2.24, 2.45) is 0 Å². The summed E-state index contributed by atoms with van der Waals surface area (Å²) in [5.41, 5.74) is 7.25. The molecule has 1 aromatic carbocycles. The van der Waals surface area contributed by atoms with E-state index in [1.807, 2.05) is 67.8 Å². The number of amides is 1. The van der Waals surface area contributed by atoms with Gasteiger partial charge in [-0.1, -0.05) is 0 Å². The summed E-state index contributed by atoms with van der Waals surface area (Å²) in [6.07, 6.45) is -2.18. The number of nitrogen functional groups attached to an aromatic ring is 1. The van der Waals surface area contributed by atoms with Crippen LogP contribution in [0.25, 0.3) is 0 Å². The van der Waals surface area contributed by atoms with Gasteiger partial charge in [0.25, 0.3) is 5.91 Å². The molecule has 1 aromatic rings. The second-order valence-electron chi connectivity index (χ2n) is 8.27. The van der Waals surface area contributed by atoms with Crippen molar-refractivity contribution < 1.29 is 52.5 Å². The van der Waals surface area contributed by atoms with E-state index in [9.17, 15) is 28.8 Å². The zero-order chi connectivity index (χ0) is 30.7. The molecular weight excluding hydrogens is 873 g/mol. The number of halogens is 3. The molecule has 0 saturated heterocycles. The van der Waals surface area contributed by atoms with Crippen LogP contribution in [0, 0.1) is 10.7 Å². The van der Waals surface area contributed by atoms with E-state index < -0.39 is 48.0 Å². The van der Waals surface area contributed by atoms with Crippen molar-refractivity contribution in [1.29, 1.82) is 0 Å². The van der Waals surface area contributed by atoms with Crippen molar-refractivity contribution >= 4 is 109 Å². The molecule has 0 aliphatic carbocycles. The molecule has 0 bridgehead atoms. The molecule has 0 fully saturated rings. The minimum absolute atomic E-state index is 0.141. The number of nitrogens with zero attached hydrogens (tertiary/aromatic N) is 1. The Labute approximate surface area is 271 Å². The standard InChI is InChI=1S/C24H29I3N2O11/c1-11(30)36-8-16(39-14(4)33)6-29(7-17(40-15(5)34)9-37-12(2)31)24(35)19-20(25)18(10-38-13(3)32)21(26)23(28)22(19)27/h16-17H,6-10,28H2,1-5H3. The highest BCUT2D eigenvalue weighted by atomic mass is 127. The molecule has 0 aliphatic rings. The van der Waals surface area contributed by atoms with Crippen LogP contribution in [0.3, 0.4) is 0 Å². The Hall–Kier alpha value is -1.97. The number of hydrogen-bond acceptors (Lipinski definition) is 12. The lowest BCUT2D eigenvalue weighted by atomic mass is 10.1. The van der Waals surface area contributed by atoms with Gasteiger partial charge in [0.1, 0.15) is 19.8 Å². The van der Waals surface area contributed by atoms with Gasteiger partial charge >= 0.3 is 29.8 Å². The van der Waals surface area contributed by atoms with E-state index >= 15 is 0 Å². The van der Waals surface area contributed by atoms with Gasteiger partial charge in [0, 0.05) is 47.3 Å². The highest BCUT2D eigenvalue weighted by molar-refractivity contribution is 14.1. The third-order valence-electron chi connectivity index (χ3n) is 4.82. The van der Waals surface area contributed by atoms with Crippen molar-refractivity contribution in [3.8, 4) is 0 Å². The van der Waals surface area contributed by atoms with Gasteiger partial charge in [-0.3, -0.25) is 28.8 Å². The lowest BCUT2D eigenvalue weighted by Gasteiger charge is -2.31. The van der Waals surface area contributed by atoms with Crippen LogP contribution >= 0.6 is 67.8 Å². The number of esters is 5. The van der Waals surface area contributed by atoms with E-state index in [0.29, 0.717) is 16.3 Å². The number of nitrogens with two attached hydrogens (primary N) is 1. The van der Waals surface area contributed by atoms with Gasteiger partial charge in [0.15, 0.2) is 12.2 Å². The van der Waals surface area contributed by atoms with E-state index in [1.54, 1.807) is 0 Å². The maximum Gasteiger partial charge on any atom is 0.303 e. The Bertz CT molecular complexity index is 1120. The molecule has 0 aliphatic heterocycles. The fourth-order valence-corrected chi connectivity index (χ4v) is 7.19. The van der Waals surface area contributed by atoms with Gasteiger partial charge in [-0.05, 0) is 67.8 Å². The molecule has 1 rings (SSSR count). The molecule has 40 heavy (non-hydrogen) atoms. The maximum atomic E-state index is 14.1. The summed E-state index contributed by atoms with van der Waals surface area (Å²) in [5.74, 6) is -3.78. The van der Waals surface area contributed by atoms with Gasteiger partial charge in [-0.2, -0.15) is 0 Å². The number of carbonyl (C=O) groups excluding carboxylic acids is 6. The van der Waals surface area contributed by atoms with Crippen molar-refractivity contribution in [2.75, 3.05) is 32.0 Å². The Kier molecular flexibility index (Phi) is 15.4. The maximum absolute atomic E-state index is 14.1. The van der Waals surface area contributed by atoms with Crippen molar-refractivity contribution in [2.45, 2.75) is 53.4 Å². The smallest absolute Gasteiger partial charge is 0.303 e. The molecule has 0 aromatic heterocycles. The molecule has 0 saturated carbocycles. The zero-order valence-corrected chi connectivity index (χ0v) is 28.8. The Morgan fingerprint density at radius 3 is 1.48 bits per heavy atom. The fraction of sp³-hybridized carbons (Fsp3) is 0.500. The minimum Gasteiger partial charge on any atom is -0.462 e. The fourth-order valence-electron chi connectivity index (χ4n) is 3.25. The van der Waals surface area contributed by atoms with Crippen LogP contribution in [0.4, 0.5) is 5.69 Å². The topological polar surface area (TPSA) is 178 Å². The number of hydrogen-bond donors (Lipinski definition) is 1. The third-order valence-corrected chi connectivity index (χ3v) is 8.36. The van der Waals surface area contributed by atoms with Gasteiger partial charge in [-0.25, -0.2) is 0 Å². The van der Waals surface area contributed by atoms with Crippen molar-refractivity contribution in [1.82, 2.24) is 4.90 Å².